The van der Waals surface area contributed by atoms with E-state index < -0.39 is 5.91 Å². The lowest BCUT2D eigenvalue weighted by molar-refractivity contribution is -0.113. The van der Waals surface area contributed by atoms with Crippen molar-refractivity contribution in [2.45, 2.75) is 0 Å². The molecule has 0 aromatic rings. The van der Waals surface area contributed by atoms with Crippen molar-refractivity contribution >= 4 is 5.91 Å². The highest BCUT2D eigenvalue weighted by atomic mass is 16.2. The molecule has 0 aliphatic carbocycles. The number of aliphatic hydroxyl groups excluding tert-OH is 1. The number of carbonyl (C=O) groups excluding carboxylic acids is 1. The summed E-state index contributed by atoms with van der Waals surface area (Å²) in [4.78, 5) is 9.47. The summed E-state index contributed by atoms with van der Waals surface area (Å²) >= 11 is 0. The fourth-order valence-corrected chi connectivity index (χ4v) is 0. The number of carbonyl (C=O) groups is 1. The van der Waals surface area contributed by atoms with Crippen molar-refractivity contribution in [2.75, 3.05) is 7.11 Å². The van der Waals surface area contributed by atoms with Crippen LogP contribution in [0, 0.1) is 0 Å². The predicted octanol–water partition coefficient (Wildman–Crippen LogP) is -0.734. The Bertz CT molecular complexity index is 60.7. The Kier molecular flexibility index (Phi) is 12.1. The van der Waals surface area contributed by atoms with Crippen molar-refractivity contribution in [1.29, 1.82) is 0 Å². The zero-order valence-corrected chi connectivity index (χ0v) is 4.22. The number of amides is 1. The maximum Gasteiger partial charge on any atom is 0.240 e. The molecule has 0 saturated carbocycles. The van der Waals surface area contributed by atoms with Gasteiger partial charge in [0.05, 0.1) is 0 Å². The second-order valence-corrected chi connectivity index (χ2v) is 0.606. The van der Waals surface area contributed by atoms with Crippen molar-refractivity contribution in [2.24, 2.45) is 5.73 Å². The zero-order chi connectivity index (χ0) is 6.28. The van der Waals surface area contributed by atoms with Crippen LogP contribution >= 0.6 is 0 Å². The second-order valence-electron chi connectivity index (χ2n) is 0.606. The molecule has 0 aliphatic rings. The molecule has 42 valence electrons. The third-order valence-corrected chi connectivity index (χ3v) is 0.201. The molecule has 0 spiro atoms. The van der Waals surface area contributed by atoms with E-state index in [-0.39, 0.29) is 0 Å². The highest BCUT2D eigenvalue weighted by molar-refractivity contribution is 5.84. The normalized spacial score (nSPS) is 5.43. The lowest BCUT2D eigenvalue weighted by atomic mass is 10.6. The number of primary amides is 1. The van der Waals surface area contributed by atoms with E-state index in [0.717, 1.165) is 13.2 Å². The van der Waals surface area contributed by atoms with Gasteiger partial charge in [0.15, 0.2) is 0 Å². The van der Waals surface area contributed by atoms with Crippen LogP contribution in [0.15, 0.2) is 12.7 Å². The monoisotopic (exact) mass is 103 g/mol. The van der Waals surface area contributed by atoms with Crippen LogP contribution in [-0.4, -0.2) is 18.1 Å². The molecule has 0 aliphatic heterocycles. The van der Waals surface area contributed by atoms with Gasteiger partial charge < -0.3 is 10.8 Å². The summed E-state index contributed by atoms with van der Waals surface area (Å²) in [5.74, 6) is -0.481. The minimum Gasteiger partial charge on any atom is -0.400 e. The molecule has 0 aromatic heterocycles. The summed E-state index contributed by atoms with van der Waals surface area (Å²) in [6, 6.07) is 0. The lowest BCUT2D eigenvalue weighted by Gasteiger charge is -1.65. The van der Waals surface area contributed by atoms with Crippen LogP contribution in [0.2, 0.25) is 0 Å². The minimum absolute atomic E-state index is 0.481. The largest absolute Gasteiger partial charge is 0.400 e. The average molecular weight is 103 g/mol. The number of aliphatic hydroxyl groups is 1. The number of hydrogen-bond acceptors (Lipinski definition) is 2. The molecule has 0 bridgehead atoms. The fraction of sp³-hybridized carbons (Fsp3) is 0.250. The Morgan fingerprint density at radius 3 is 2.00 bits per heavy atom. The van der Waals surface area contributed by atoms with E-state index in [0.29, 0.717) is 0 Å². The molecule has 3 N–H and O–H groups in total. The molecular weight excluding hydrogens is 94.0 g/mol. The molecular formula is C4H9NO2. The van der Waals surface area contributed by atoms with Crippen LogP contribution in [0.1, 0.15) is 0 Å². The Balaban J connectivity index is 0. The van der Waals surface area contributed by atoms with Crippen LogP contribution in [0.25, 0.3) is 0 Å². The molecule has 7 heavy (non-hydrogen) atoms. The van der Waals surface area contributed by atoms with Gasteiger partial charge in [0, 0.05) is 7.11 Å². The molecule has 0 fully saturated rings. The van der Waals surface area contributed by atoms with Crippen LogP contribution in [-0.2, 0) is 4.79 Å². The Labute approximate surface area is 42.4 Å². The number of hydrogen-bond donors (Lipinski definition) is 2. The van der Waals surface area contributed by atoms with E-state index in [4.69, 9.17) is 5.11 Å². The van der Waals surface area contributed by atoms with Crippen molar-refractivity contribution in [3.63, 3.8) is 0 Å². The van der Waals surface area contributed by atoms with E-state index in [1.165, 1.54) is 0 Å². The summed E-state index contributed by atoms with van der Waals surface area (Å²) < 4.78 is 0. The Morgan fingerprint density at radius 1 is 1.86 bits per heavy atom. The first-order chi connectivity index (χ1) is 3.27. The third kappa shape index (κ3) is 38.0. The Hall–Kier alpha value is -0.830. The standard InChI is InChI=1S/C3H5NO.CH4O/c1-2-3(4)5;1-2/h2H,1H2,(H2,4,5);2H,1H3. The van der Waals surface area contributed by atoms with Gasteiger partial charge in [-0.2, -0.15) is 0 Å². The maximum absolute atomic E-state index is 9.47. The molecule has 0 unspecified atom stereocenters. The third-order valence-electron chi connectivity index (χ3n) is 0.201. The van der Waals surface area contributed by atoms with Crippen molar-refractivity contribution in [3.8, 4) is 0 Å². The molecule has 0 atom stereocenters. The van der Waals surface area contributed by atoms with Gasteiger partial charge in [-0.1, -0.05) is 6.58 Å². The number of nitrogens with two attached hydrogens (primary N) is 1. The van der Waals surface area contributed by atoms with Gasteiger partial charge in [-0.3, -0.25) is 4.79 Å². The van der Waals surface area contributed by atoms with Crippen molar-refractivity contribution in [3.05, 3.63) is 12.7 Å². The molecule has 0 saturated heterocycles. The summed E-state index contributed by atoms with van der Waals surface area (Å²) in [7, 11) is 1.00. The smallest absolute Gasteiger partial charge is 0.240 e. The van der Waals surface area contributed by atoms with Gasteiger partial charge in [0.1, 0.15) is 0 Å². The molecule has 0 aromatic carbocycles. The van der Waals surface area contributed by atoms with Crippen LogP contribution in [0.5, 0.6) is 0 Å². The highest BCUT2D eigenvalue weighted by Gasteiger charge is 1.69. The first kappa shape index (κ1) is 9.48. The SMILES string of the molecule is C=CC(N)=O.CO. The summed E-state index contributed by atoms with van der Waals surface area (Å²) in [5, 5.41) is 7.00. The van der Waals surface area contributed by atoms with Crippen molar-refractivity contribution in [1.82, 2.24) is 0 Å². The van der Waals surface area contributed by atoms with Gasteiger partial charge in [-0.05, 0) is 6.08 Å². The van der Waals surface area contributed by atoms with E-state index in [2.05, 4.69) is 12.3 Å². The first-order valence-electron chi connectivity index (χ1n) is 1.64. The molecule has 0 heterocycles. The predicted molar refractivity (Wildman–Crippen MR) is 27.5 cm³/mol. The van der Waals surface area contributed by atoms with Crippen LogP contribution < -0.4 is 5.73 Å². The van der Waals surface area contributed by atoms with Crippen molar-refractivity contribution < 1.29 is 9.90 Å². The molecule has 1 amide bonds. The first-order valence-corrected chi connectivity index (χ1v) is 1.64. The average Bonchev–Trinajstić information content (AvgIpc) is 1.73. The highest BCUT2D eigenvalue weighted by Crippen LogP contribution is 1.48. The van der Waals surface area contributed by atoms with E-state index >= 15 is 0 Å². The maximum atomic E-state index is 9.47. The van der Waals surface area contributed by atoms with Gasteiger partial charge in [-0.15, -0.1) is 0 Å². The molecule has 3 nitrogen and oxygen atoms in total. The van der Waals surface area contributed by atoms with Gasteiger partial charge >= 0.3 is 0 Å². The topological polar surface area (TPSA) is 63.3 Å². The van der Waals surface area contributed by atoms with Crippen LogP contribution in [0.3, 0.4) is 0 Å². The van der Waals surface area contributed by atoms with Gasteiger partial charge in [-0.25, -0.2) is 0 Å². The molecule has 0 radical (unpaired) electrons. The quantitative estimate of drug-likeness (QED) is 0.429. The summed E-state index contributed by atoms with van der Waals surface area (Å²) in [5.41, 5.74) is 4.53. The van der Waals surface area contributed by atoms with Gasteiger partial charge in [0.2, 0.25) is 5.91 Å². The lowest BCUT2D eigenvalue weighted by Crippen LogP contribution is -2.04. The second kappa shape index (κ2) is 8.95. The molecule has 0 rings (SSSR count). The van der Waals surface area contributed by atoms with E-state index in [1.54, 1.807) is 0 Å². The molecule has 3 heteroatoms. The minimum atomic E-state index is -0.481. The Morgan fingerprint density at radius 2 is 2.00 bits per heavy atom. The summed E-state index contributed by atoms with van der Waals surface area (Å²) in [6.07, 6.45) is 1.06. The van der Waals surface area contributed by atoms with E-state index in [1.807, 2.05) is 0 Å². The van der Waals surface area contributed by atoms with Crippen LogP contribution in [0.4, 0.5) is 0 Å². The fourth-order valence-electron chi connectivity index (χ4n) is 0. The summed E-state index contributed by atoms with van der Waals surface area (Å²) in [6.45, 7) is 3.09. The van der Waals surface area contributed by atoms with Gasteiger partial charge in [0.25, 0.3) is 0 Å². The number of rotatable bonds is 1. The zero-order valence-electron chi connectivity index (χ0n) is 4.22. The van der Waals surface area contributed by atoms with E-state index in [9.17, 15) is 4.79 Å².